The molecule has 0 bridgehead atoms. The molecule has 10 aromatic carbocycles. The van der Waals surface area contributed by atoms with Gasteiger partial charge in [0.2, 0.25) is 0 Å². The Morgan fingerprint density at radius 1 is 0.323 bits per heavy atom. The highest BCUT2D eigenvalue weighted by molar-refractivity contribution is 7.99. The number of benzene rings is 10. The van der Waals surface area contributed by atoms with Gasteiger partial charge in [0.05, 0.1) is 11.0 Å². The van der Waals surface area contributed by atoms with Crippen LogP contribution in [-0.2, 0) is 9.13 Å². The van der Waals surface area contributed by atoms with Gasteiger partial charge in [0.15, 0.2) is 14.3 Å². The number of aromatic nitrogens is 1. The Morgan fingerprint density at radius 3 is 1.31 bits per heavy atom. The molecule has 3 nitrogen and oxygen atoms in total. The second-order valence-corrected chi connectivity index (χ2v) is 22.2. The zero-order chi connectivity index (χ0) is 41.7. The lowest BCUT2D eigenvalue weighted by atomic mass is 10.0. The van der Waals surface area contributed by atoms with Crippen molar-refractivity contribution in [3.05, 3.63) is 237 Å². The summed E-state index contributed by atoms with van der Waals surface area (Å²) in [5.74, 6) is 0. The first-order chi connectivity index (χ1) is 30.5. The zero-order valence-corrected chi connectivity index (χ0v) is 36.2. The first-order valence-electron chi connectivity index (χ1n) is 20.7. The van der Waals surface area contributed by atoms with Crippen LogP contribution < -0.4 is 31.8 Å². The van der Waals surface area contributed by atoms with Crippen LogP contribution >= 0.6 is 26.0 Å². The van der Waals surface area contributed by atoms with Gasteiger partial charge in [-0.15, -0.1) is 0 Å². The Hall–Kier alpha value is -6.67. The van der Waals surface area contributed by atoms with Crippen molar-refractivity contribution in [2.24, 2.45) is 0 Å². The highest BCUT2D eigenvalue weighted by atomic mass is 32.2. The van der Waals surface area contributed by atoms with Crippen LogP contribution in [0.15, 0.2) is 246 Å². The van der Waals surface area contributed by atoms with E-state index in [2.05, 4.69) is 102 Å². The van der Waals surface area contributed by atoms with Crippen LogP contribution in [0, 0.1) is 0 Å². The van der Waals surface area contributed by atoms with Gasteiger partial charge >= 0.3 is 0 Å². The average molecular weight is 852 g/mol. The standard InChI is InChI=1S/C56H39NO2P2S/c58-60(42-18-5-1-6-19-42,43-20-7-2-8-21-43)46-31-29-41(30-32-46)57-54-35-33-47(61(59,44-22-9-3-10-23-44)45-24-11-4-12-25-45)38-52(54)53-39-48(34-36-55(53)57)62-56-37-40-17-13-14-26-49(40)50-27-15-16-28-51(50)56/h1-39H. The minimum atomic E-state index is -3.27. The normalized spacial score (nSPS) is 12.1. The van der Waals surface area contributed by atoms with Gasteiger partial charge < -0.3 is 13.7 Å². The van der Waals surface area contributed by atoms with Gasteiger partial charge in [-0.25, -0.2) is 0 Å². The first kappa shape index (κ1) is 38.3. The average Bonchev–Trinajstić information content (AvgIpc) is 3.67. The van der Waals surface area contributed by atoms with Crippen LogP contribution in [0.2, 0.25) is 0 Å². The highest BCUT2D eigenvalue weighted by Gasteiger charge is 2.32. The number of rotatable bonds is 9. The number of hydrogen-bond acceptors (Lipinski definition) is 3. The molecular formula is C56H39NO2P2S. The summed E-state index contributed by atoms with van der Waals surface area (Å²) in [4.78, 5) is 2.30. The van der Waals surface area contributed by atoms with E-state index >= 15 is 9.13 Å². The monoisotopic (exact) mass is 851 g/mol. The Kier molecular flexibility index (Phi) is 9.67. The van der Waals surface area contributed by atoms with E-state index < -0.39 is 14.3 Å². The SMILES string of the molecule is O=P(c1ccccc1)(c1ccccc1)c1ccc(-n2c3ccc(Sc4cc5ccccc5c5ccccc45)cc3c3cc(P(=O)(c4ccccc4)c4ccccc4)ccc32)cc1. The largest absolute Gasteiger partial charge is 0.309 e. The molecule has 11 rings (SSSR count). The fourth-order valence-electron chi connectivity index (χ4n) is 9.02. The molecule has 1 aromatic heterocycles. The van der Waals surface area contributed by atoms with E-state index in [1.807, 2.05) is 140 Å². The second-order valence-electron chi connectivity index (χ2n) is 15.5. The lowest BCUT2D eigenvalue weighted by Crippen LogP contribution is -2.25. The Balaban J connectivity index is 1.11. The number of hydrogen-bond donors (Lipinski definition) is 0. The summed E-state index contributed by atoms with van der Waals surface area (Å²) in [5.41, 5.74) is 2.97. The number of nitrogens with zero attached hydrogens (tertiary/aromatic N) is 1. The van der Waals surface area contributed by atoms with Crippen LogP contribution in [0.5, 0.6) is 0 Å². The topological polar surface area (TPSA) is 39.1 Å². The summed E-state index contributed by atoms with van der Waals surface area (Å²) in [6, 6.07) is 80.1. The van der Waals surface area contributed by atoms with Crippen LogP contribution in [0.25, 0.3) is 49.0 Å². The van der Waals surface area contributed by atoms with Gasteiger partial charge in [-0.1, -0.05) is 182 Å². The van der Waals surface area contributed by atoms with Gasteiger partial charge in [0, 0.05) is 58.1 Å². The van der Waals surface area contributed by atoms with Crippen molar-refractivity contribution < 1.29 is 9.13 Å². The Bertz CT molecular complexity index is 3450. The third-order valence-electron chi connectivity index (χ3n) is 12.0. The van der Waals surface area contributed by atoms with Crippen molar-refractivity contribution >= 4 is 101 Å². The van der Waals surface area contributed by atoms with E-state index in [0.717, 1.165) is 64.2 Å². The number of fused-ring (bicyclic) bond motifs is 6. The summed E-state index contributed by atoms with van der Waals surface area (Å²) in [7, 11) is -6.44. The van der Waals surface area contributed by atoms with Gasteiger partial charge in [0.1, 0.15) is 0 Å². The van der Waals surface area contributed by atoms with E-state index in [1.165, 1.54) is 26.4 Å². The molecule has 296 valence electrons. The molecule has 62 heavy (non-hydrogen) atoms. The van der Waals surface area contributed by atoms with Crippen molar-refractivity contribution in [2.45, 2.75) is 9.79 Å². The quantitative estimate of drug-likeness (QED) is 0.107. The zero-order valence-electron chi connectivity index (χ0n) is 33.6. The molecule has 0 saturated carbocycles. The highest BCUT2D eigenvalue weighted by Crippen LogP contribution is 2.46. The Morgan fingerprint density at radius 2 is 0.742 bits per heavy atom. The van der Waals surface area contributed by atoms with Crippen LogP contribution in [0.1, 0.15) is 0 Å². The lowest BCUT2D eigenvalue weighted by molar-refractivity contribution is 0.591. The summed E-state index contributed by atoms with van der Waals surface area (Å²) >= 11 is 1.77. The van der Waals surface area contributed by atoms with E-state index in [9.17, 15) is 0 Å². The molecule has 0 fully saturated rings. The molecule has 0 aliphatic carbocycles. The predicted molar refractivity (Wildman–Crippen MR) is 265 cm³/mol. The second kappa shape index (κ2) is 15.7. The van der Waals surface area contributed by atoms with Crippen molar-refractivity contribution in [1.29, 1.82) is 0 Å². The maximum atomic E-state index is 15.7. The molecule has 0 radical (unpaired) electrons. The molecule has 6 heteroatoms. The van der Waals surface area contributed by atoms with E-state index in [4.69, 9.17) is 0 Å². The van der Waals surface area contributed by atoms with E-state index in [0.29, 0.717) is 0 Å². The first-order valence-corrected chi connectivity index (χ1v) is 24.9. The molecule has 0 spiro atoms. The molecule has 1 heterocycles. The molecule has 11 aromatic rings. The summed E-state index contributed by atoms with van der Waals surface area (Å²) < 4.78 is 33.3. The molecule has 0 aliphatic rings. The molecule has 0 amide bonds. The summed E-state index contributed by atoms with van der Waals surface area (Å²) in [5, 5.41) is 11.7. The summed E-state index contributed by atoms with van der Waals surface area (Å²) in [6.45, 7) is 0. The van der Waals surface area contributed by atoms with Crippen LogP contribution in [0.4, 0.5) is 0 Å². The Labute approximate surface area is 365 Å². The maximum Gasteiger partial charge on any atom is 0.171 e. The fraction of sp³-hybridized carbons (Fsp3) is 0. The minimum Gasteiger partial charge on any atom is -0.309 e. The molecule has 0 saturated heterocycles. The van der Waals surface area contributed by atoms with Gasteiger partial charge in [-0.3, -0.25) is 0 Å². The van der Waals surface area contributed by atoms with E-state index in [1.54, 1.807) is 11.8 Å². The third kappa shape index (κ3) is 6.38. The fourth-order valence-corrected chi connectivity index (χ4v) is 15.4. The predicted octanol–water partition coefficient (Wildman–Crippen LogP) is 12.5. The van der Waals surface area contributed by atoms with Crippen molar-refractivity contribution in [3.63, 3.8) is 0 Å². The molecule has 0 atom stereocenters. The van der Waals surface area contributed by atoms with Crippen molar-refractivity contribution in [2.75, 3.05) is 0 Å². The smallest absolute Gasteiger partial charge is 0.171 e. The summed E-state index contributed by atoms with van der Waals surface area (Å²) in [6.07, 6.45) is 0. The molecule has 0 aliphatic heterocycles. The molecule has 0 N–H and O–H groups in total. The maximum absolute atomic E-state index is 15.7. The minimum absolute atomic E-state index is 0.773. The third-order valence-corrected chi connectivity index (χ3v) is 19.2. The van der Waals surface area contributed by atoms with Gasteiger partial charge in [-0.2, -0.15) is 0 Å². The molecular weight excluding hydrogens is 813 g/mol. The van der Waals surface area contributed by atoms with Crippen LogP contribution in [-0.4, -0.2) is 4.57 Å². The van der Waals surface area contributed by atoms with Gasteiger partial charge in [0.25, 0.3) is 0 Å². The van der Waals surface area contributed by atoms with Crippen molar-refractivity contribution in [1.82, 2.24) is 4.57 Å². The van der Waals surface area contributed by atoms with Crippen LogP contribution in [0.3, 0.4) is 0 Å². The van der Waals surface area contributed by atoms with Gasteiger partial charge in [-0.05, 0) is 88.3 Å². The lowest BCUT2D eigenvalue weighted by Gasteiger charge is -2.21. The molecule has 0 unspecified atom stereocenters. The van der Waals surface area contributed by atoms with Crippen molar-refractivity contribution in [3.8, 4) is 5.69 Å². The van der Waals surface area contributed by atoms with E-state index in [-0.39, 0.29) is 0 Å².